The zero-order chi connectivity index (χ0) is 53.0. The van der Waals surface area contributed by atoms with Crippen molar-refractivity contribution >= 4 is 59.5 Å². The summed E-state index contributed by atoms with van der Waals surface area (Å²) in [5.74, 6) is 1.69. The van der Waals surface area contributed by atoms with Crippen molar-refractivity contribution in [3.63, 3.8) is 0 Å². The Balaban J connectivity index is 0.000000368. The van der Waals surface area contributed by atoms with Gasteiger partial charge in [-0.05, 0) is 103 Å². The summed E-state index contributed by atoms with van der Waals surface area (Å²) in [4.78, 5) is 58.4. The maximum absolute atomic E-state index is 13.0. The number of carbonyl (C=O) groups is 4. The van der Waals surface area contributed by atoms with E-state index in [1.165, 1.54) is 12.1 Å². The van der Waals surface area contributed by atoms with Crippen LogP contribution in [0, 0.1) is 5.82 Å². The topological polar surface area (TPSA) is 176 Å². The zero-order valence-corrected chi connectivity index (χ0v) is 45.8. The van der Waals surface area contributed by atoms with E-state index < -0.39 is 16.6 Å². The van der Waals surface area contributed by atoms with Crippen molar-refractivity contribution in [2.24, 2.45) is 0 Å². The normalized spacial score (nSPS) is 15.7. The molecule has 0 unspecified atom stereocenters. The Bertz CT molecular complexity index is 2020. The smallest absolute Gasteiger partial charge is 0.305 e. The van der Waals surface area contributed by atoms with Gasteiger partial charge in [-0.3, -0.25) is 33.9 Å². The highest BCUT2D eigenvalue weighted by atomic mass is 32.2. The van der Waals surface area contributed by atoms with Gasteiger partial charge in [-0.2, -0.15) is 12.6 Å². The fraction of sp³-hybridized carbons (Fsp3) is 0.600. The van der Waals surface area contributed by atoms with Crippen LogP contribution in [0.2, 0.25) is 0 Å². The van der Waals surface area contributed by atoms with Gasteiger partial charge in [0.2, 0.25) is 0 Å². The molecule has 3 N–H and O–H groups in total. The summed E-state index contributed by atoms with van der Waals surface area (Å²) >= 11 is 6.86. The summed E-state index contributed by atoms with van der Waals surface area (Å²) < 4.78 is 34.1. The number of hydrogen-bond donors (Lipinski definition) is 4. The van der Waals surface area contributed by atoms with E-state index >= 15 is 0 Å². The van der Waals surface area contributed by atoms with Crippen LogP contribution in [0.5, 0.6) is 0 Å². The van der Waals surface area contributed by atoms with E-state index in [9.17, 15) is 23.6 Å². The van der Waals surface area contributed by atoms with Gasteiger partial charge in [0.05, 0.1) is 69.5 Å². The lowest BCUT2D eigenvalue weighted by atomic mass is 9.91. The molecule has 410 valence electrons. The maximum Gasteiger partial charge on any atom is 0.305 e. The minimum atomic E-state index is -0.582. The molecule has 18 heteroatoms. The van der Waals surface area contributed by atoms with Crippen molar-refractivity contribution in [3.05, 3.63) is 95.3 Å². The van der Waals surface area contributed by atoms with Crippen LogP contribution in [0.15, 0.2) is 82.6 Å². The Kier molecular flexibility index (Phi) is 31.7. The number of ether oxygens (including phenoxy) is 4. The monoisotopic (exact) mass is 1080 g/mol. The number of aliphatic hydroxyl groups excluding tert-OH is 3. The van der Waals surface area contributed by atoms with Crippen LogP contribution in [0.3, 0.4) is 0 Å². The van der Waals surface area contributed by atoms with Gasteiger partial charge in [0.15, 0.2) is 17.3 Å². The number of morpholine rings is 3. The largest absolute Gasteiger partial charge is 0.465 e. The molecule has 3 heterocycles. The molecule has 3 fully saturated rings. The molecule has 14 nitrogen and oxygen atoms in total. The first-order valence-corrected chi connectivity index (χ1v) is 27.5. The fourth-order valence-electron chi connectivity index (χ4n) is 7.97. The number of nitrogens with zero attached hydrogens (tertiary/aromatic N) is 3. The number of halogens is 1. The Hall–Kier alpha value is -3.24. The number of unbranched alkanes of at least 4 members (excludes halogenated alkanes) is 2. The van der Waals surface area contributed by atoms with Gasteiger partial charge in [-0.1, -0.05) is 38.1 Å². The van der Waals surface area contributed by atoms with E-state index in [1.54, 1.807) is 35.7 Å². The second kappa shape index (κ2) is 35.2. The number of aliphatic hydroxyl groups is 3. The highest BCUT2D eigenvalue weighted by Gasteiger charge is 2.38. The van der Waals surface area contributed by atoms with Gasteiger partial charge in [0.25, 0.3) is 0 Å². The van der Waals surface area contributed by atoms with E-state index in [0.29, 0.717) is 81.1 Å². The van der Waals surface area contributed by atoms with Gasteiger partial charge < -0.3 is 34.3 Å². The summed E-state index contributed by atoms with van der Waals surface area (Å²) in [5, 5.41) is 25.3. The summed E-state index contributed by atoms with van der Waals surface area (Å²) in [7, 11) is 0. The molecule has 0 atom stereocenters. The number of carbonyl (C=O) groups excluding carboxylic acids is 4. The number of Topliss-reactive ketones (excluding diaryl/α,β-unsaturated/α-hetero) is 3. The molecule has 0 radical (unpaired) electrons. The molecule has 0 saturated carbocycles. The molecule has 73 heavy (non-hydrogen) atoms. The summed E-state index contributed by atoms with van der Waals surface area (Å²) in [6.07, 6.45) is 2.72. The van der Waals surface area contributed by atoms with Crippen molar-refractivity contribution in [2.75, 3.05) is 123 Å². The lowest BCUT2D eigenvalue weighted by Gasteiger charge is -2.39. The van der Waals surface area contributed by atoms with E-state index in [0.717, 1.165) is 73.9 Å². The van der Waals surface area contributed by atoms with Crippen LogP contribution < -0.4 is 0 Å². The number of benzene rings is 3. The number of thiol groups is 1. The highest BCUT2D eigenvalue weighted by Crippen LogP contribution is 2.27. The van der Waals surface area contributed by atoms with Crippen molar-refractivity contribution < 1.29 is 57.8 Å². The minimum Gasteiger partial charge on any atom is -0.465 e. The zero-order valence-electron chi connectivity index (χ0n) is 43.3. The lowest BCUT2D eigenvalue weighted by Crippen LogP contribution is -2.54. The second-order valence-electron chi connectivity index (χ2n) is 18.6. The fourth-order valence-corrected chi connectivity index (χ4v) is 9.36. The second-order valence-corrected chi connectivity index (χ2v) is 21.4. The molecule has 0 amide bonds. The third kappa shape index (κ3) is 22.5. The molecule has 0 aromatic heterocycles. The molecular formula is C55H84FN3O11S3. The molecular weight excluding hydrogens is 994 g/mol. The molecule has 3 aliphatic heterocycles. The highest BCUT2D eigenvalue weighted by molar-refractivity contribution is 7.99. The van der Waals surface area contributed by atoms with Gasteiger partial charge in [-0.25, -0.2) is 4.39 Å². The predicted octanol–water partition coefficient (Wildman–Crippen LogP) is 7.90. The molecule has 3 aliphatic rings. The Morgan fingerprint density at radius 2 is 0.890 bits per heavy atom. The number of rotatable bonds is 22. The van der Waals surface area contributed by atoms with Crippen LogP contribution in [0.1, 0.15) is 106 Å². The average Bonchev–Trinajstić information content (AvgIpc) is 3.41. The van der Waals surface area contributed by atoms with Crippen LogP contribution in [-0.4, -0.2) is 193 Å². The van der Waals surface area contributed by atoms with E-state index in [2.05, 4.69) is 27.3 Å². The van der Waals surface area contributed by atoms with E-state index in [1.807, 2.05) is 90.1 Å². The summed E-state index contributed by atoms with van der Waals surface area (Å²) in [5.41, 5.74) is 0.350. The number of esters is 1. The van der Waals surface area contributed by atoms with Crippen LogP contribution in [-0.2, 0) is 23.7 Å². The average molecular weight is 1080 g/mol. The summed E-state index contributed by atoms with van der Waals surface area (Å²) in [6.45, 7) is 21.3. The maximum atomic E-state index is 13.0. The number of hydrogen-bond acceptors (Lipinski definition) is 17. The van der Waals surface area contributed by atoms with Crippen LogP contribution in [0.4, 0.5) is 4.39 Å². The van der Waals surface area contributed by atoms with E-state index in [-0.39, 0.29) is 56.4 Å². The number of thioether (sulfide) groups is 2. The molecule has 3 aromatic carbocycles. The molecule has 3 saturated heterocycles. The first kappa shape index (κ1) is 65.9. The molecule has 3 aromatic rings. The minimum absolute atomic E-state index is 0. The number of ketones is 3. The SMILES string of the molecule is C.CC(C)(C(=O)c1ccc(F)cc1)N1CCOCC1.CC(C)(C(=O)c1ccc(SCCO)cc1)N1CCOCC1.CC(C)(C(=O)c1ccc(SCCOC(=O)CCCCCO)cc1)N1CCOCC1.OCCS. The van der Waals surface area contributed by atoms with Crippen molar-refractivity contribution in [2.45, 2.75) is 101 Å². The Morgan fingerprint density at radius 1 is 0.548 bits per heavy atom. The van der Waals surface area contributed by atoms with Gasteiger partial charge >= 0.3 is 5.97 Å². The van der Waals surface area contributed by atoms with E-state index in [4.69, 9.17) is 34.3 Å². The Labute approximate surface area is 448 Å². The standard InChI is InChI=1S/C22H33NO5S.C16H23NO3S.C14H18FNO2.C2H6OS.CH4/c1-22(2,23-11-14-27-15-12-23)21(26)18-7-9-19(10-8-18)29-17-16-28-20(25)6-4-3-5-13-24;1-16(2,17-7-10-20-11-8-17)15(19)13-3-5-14(6-4-13)21-12-9-18;1-14(2,16-7-9-18-10-8-16)13(17)11-3-5-12(15)6-4-11;3-1-2-4;/h7-10,24H,3-6,11-17H2,1-2H3;3-6,18H,7-12H2,1-2H3;3-6H,7-10H2,1-2H3;3-4H,1-2H2;1H4. The first-order chi connectivity index (χ1) is 34.4. The Morgan fingerprint density at radius 3 is 1.22 bits per heavy atom. The van der Waals surface area contributed by atoms with Gasteiger partial charge in [0.1, 0.15) is 12.4 Å². The molecule has 0 spiro atoms. The first-order valence-electron chi connectivity index (χ1n) is 24.9. The molecule has 0 aliphatic carbocycles. The van der Waals surface area contributed by atoms with Gasteiger partial charge in [0, 0.05) is 96.0 Å². The van der Waals surface area contributed by atoms with Crippen LogP contribution in [0.25, 0.3) is 0 Å². The molecule has 0 bridgehead atoms. The van der Waals surface area contributed by atoms with Crippen molar-refractivity contribution in [3.8, 4) is 0 Å². The molecule has 6 rings (SSSR count). The van der Waals surface area contributed by atoms with Crippen molar-refractivity contribution in [1.82, 2.24) is 14.7 Å². The van der Waals surface area contributed by atoms with Gasteiger partial charge in [-0.15, -0.1) is 23.5 Å². The predicted molar refractivity (Wildman–Crippen MR) is 294 cm³/mol. The summed E-state index contributed by atoms with van der Waals surface area (Å²) in [6, 6.07) is 21.0. The third-order valence-corrected chi connectivity index (χ3v) is 14.7. The quantitative estimate of drug-likeness (QED) is 0.0251. The van der Waals surface area contributed by atoms with Crippen LogP contribution >= 0.6 is 36.2 Å². The lowest BCUT2D eigenvalue weighted by molar-refractivity contribution is -0.143. The van der Waals surface area contributed by atoms with Crippen molar-refractivity contribution in [1.29, 1.82) is 0 Å². The third-order valence-electron chi connectivity index (χ3n) is 12.5.